The molecule has 3 N–H and O–H groups in total. The molecule has 0 bridgehead atoms. The molecule has 1 amide bonds. The Morgan fingerprint density at radius 2 is 2.03 bits per heavy atom. The number of anilines is 1. The number of nitrogens with one attached hydrogen (secondary N) is 1. The molecule has 0 radical (unpaired) electrons. The molecule has 0 fully saturated rings. The normalized spacial score (nSPS) is 15.2. The fourth-order valence-corrected chi connectivity index (χ4v) is 4.68. The summed E-state index contributed by atoms with van der Waals surface area (Å²) in [6.45, 7) is 6.29. The summed E-state index contributed by atoms with van der Waals surface area (Å²) in [4.78, 5) is 26.8. The Hall–Kier alpha value is -2.26. The van der Waals surface area contributed by atoms with E-state index in [1.165, 1.54) is 16.3 Å². The van der Waals surface area contributed by atoms with Crippen LogP contribution in [-0.2, 0) is 12.0 Å². The number of amides is 1. The molecule has 32 heavy (non-hydrogen) atoms. The Kier molecular flexibility index (Phi) is 7.09. The number of carbonyl (C=O) groups is 1. The number of hydrogen-bond donors (Lipinski definition) is 2. The number of nitrogens with two attached hydrogens (primary N) is 1. The second-order valence-electron chi connectivity index (χ2n) is 8.54. The smallest absolute Gasteiger partial charge is 0.259 e. The first-order valence-electron chi connectivity index (χ1n) is 9.82. The lowest BCUT2D eigenvalue weighted by molar-refractivity contribution is 0.102. The summed E-state index contributed by atoms with van der Waals surface area (Å²) in [6.07, 6.45) is 1.58. The minimum atomic E-state index is -0.420. The number of nitrogens with zero attached hydrogens (tertiary/aromatic N) is 2. The third-order valence-corrected chi connectivity index (χ3v) is 6.55. The topological polar surface area (TPSA) is 103 Å². The molecule has 0 aliphatic carbocycles. The van der Waals surface area contributed by atoms with Crippen molar-refractivity contribution in [3.05, 3.63) is 74.4 Å². The predicted molar refractivity (Wildman–Crippen MR) is 129 cm³/mol. The number of benzene rings is 1. The van der Waals surface area contributed by atoms with Gasteiger partial charge in [0.15, 0.2) is 5.82 Å². The Bertz CT molecular complexity index is 1200. The highest BCUT2D eigenvalue weighted by Crippen LogP contribution is 2.37. The van der Waals surface area contributed by atoms with E-state index in [9.17, 15) is 9.59 Å². The zero-order valence-corrected chi connectivity index (χ0v) is 20.2. The van der Waals surface area contributed by atoms with Crippen LogP contribution in [0.25, 0.3) is 0 Å². The van der Waals surface area contributed by atoms with E-state index in [1.54, 1.807) is 24.4 Å². The molecule has 1 aromatic carbocycles. The minimum absolute atomic E-state index is 0. The van der Waals surface area contributed by atoms with Crippen LogP contribution in [0.4, 0.5) is 5.82 Å². The molecule has 1 aliphatic heterocycles. The van der Waals surface area contributed by atoms with Gasteiger partial charge in [-0.25, -0.2) is 0 Å². The Labute approximate surface area is 201 Å². The average molecular weight is 495 g/mol. The zero-order valence-electron chi connectivity index (χ0n) is 17.8. The fourth-order valence-electron chi connectivity index (χ4n) is 3.35. The predicted octanol–water partition coefficient (Wildman–Crippen LogP) is 4.62. The van der Waals surface area contributed by atoms with E-state index < -0.39 is 6.04 Å². The number of hydrogen-bond acceptors (Lipinski definition) is 6. The van der Waals surface area contributed by atoms with Gasteiger partial charge >= 0.3 is 0 Å². The van der Waals surface area contributed by atoms with Gasteiger partial charge in [-0.3, -0.25) is 9.59 Å². The Morgan fingerprint density at radius 1 is 1.34 bits per heavy atom. The highest BCUT2D eigenvalue weighted by molar-refractivity contribution is 7.99. The number of pyridine rings is 1. The van der Waals surface area contributed by atoms with E-state index in [-0.39, 0.29) is 29.3 Å². The monoisotopic (exact) mass is 494 g/mol. The minimum Gasteiger partial charge on any atom is -0.359 e. The fraction of sp³-hybridized carbons (Fsp3) is 0.318. The van der Waals surface area contributed by atoms with Gasteiger partial charge in [0.2, 0.25) is 0 Å². The molecule has 7 nitrogen and oxygen atoms in total. The molecule has 0 spiro atoms. The van der Waals surface area contributed by atoms with Crippen LogP contribution >= 0.6 is 35.8 Å². The van der Waals surface area contributed by atoms with E-state index in [1.807, 2.05) is 32.9 Å². The first kappa shape index (κ1) is 24.4. The molecule has 2 aromatic heterocycles. The molecule has 170 valence electrons. The lowest BCUT2D eigenvalue weighted by atomic mass is 9.93. The van der Waals surface area contributed by atoms with Gasteiger partial charge in [-0.05, 0) is 17.7 Å². The van der Waals surface area contributed by atoms with Crippen LogP contribution in [0.5, 0.6) is 0 Å². The van der Waals surface area contributed by atoms with Crippen LogP contribution in [0.2, 0.25) is 5.02 Å². The van der Waals surface area contributed by atoms with E-state index in [2.05, 4.69) is 10.5 Å². The van der Waals surface area contributed by atoms with Gasteiger partial charge in [-0.2, -0.15) is 0 Å². The van der Waals surface area contributed by atoms with Gasteiger partial charge < -0.3 is 20.1 Å². The van der Waals surface area contributed by atoms with Crippen LogP contribution in [-0.4, -0.2) is 21.4 Å². The van der Waals surface area contributed by atoms with Crippen molar-refractivity contribution < 1.29 is 9.32 Å². The second-order valence-corrected chi connectivity index (χ2v) is 10.0. The van der Waals surface area contributed by atoms with Crippen molar-refractivity contribution in [2.24, 2.45) is 5.73 Å². The third kappa shape index (κ3) is 4.88. The molecule has 0 unspecified atom stereocenters. The number of carbonyl (C=O) groups excluding carboxylic acids is 1. The molecule has 1 atom stereocenters. The number of fused-ring (bicyclic) bond motifs is 1. The van der Waals surface area contributed by atoms with Crippen LogP contribution in [0.3, 0.4) is 0 Å². The summed E-state index contributed by atoms with van der Waals surface area (Å²) >= 11 is 7.38. The van der Waals surface area contributed by atoms with Crippen molar-refractivity contribution in [2.45, 2.75) is 43.7 Å². The summed E-state index contributed by atoms with van der Waals surface area (Å²) in [7, 11) is 0. The van der Waals surface area contributed by atoms with Gasteiger partial charge in [-0.15, -0.1) is 24.2 Å². The van der Waals surface area contributed by atoms with E-state index in [0.29, 0.717) is 44.9 Å². The summed E-state index contributed by atoms with van der Waals surface area (Å²) in [6, 6.07) is 8.51. The van der Waals surface area contributed by atoms with Crippen molar-refractivity contribution in [1.29, 1.82) is 0 Å². The molecule has 0 saturated heterocycles. The maximum atomic E-state index is 13.1. The SMILES string of the molecule is CC(C)(C)c1cc(NC(=O)c2cn(Cc3ccc(Cl)cc3)c(=O)c3c2SC[C@@H]3N)no1.Cl. The van der Waals surface area contributed by atoms with Crippen LogP contribution in [0.15, 0.2) is 50.7 Å². The standard InChI is InChI=1S/C22H23ClN4O3S.ClH/c1-22(2,3)16-8-17(26-30-16)25-20(28)14-10-27(9-12-4-6-13(23)7-5-12)21(29)18-15(24)11-31-19(14)18;/h4-8,10,15H,9,11,24H2,1-3H3,(H,25,26,28);1H/t15-;/m0./s1. The van der Waals surface area contributed by atoms with Gasteiger partial charge in [0.1, 0.15) is 5.76 Å². The van der Waals surface area contributed by atoms with Gasteiger partial charge in [0.05, 0.1) is 12.1 Å². The number of thioether (sulfide) groups is 1. The lowest BCUT2D eigenvalue weighted by Crippen LogP contribution is -2.30. The average Bonchev–Trinajstić information content (AvgIpc) is 3.33. The first-order valence-corrected chi connectivity index (χ1v) is 11.2. The Morgan fingerprint density at radius 3 is 2.66 bits per heavy atom. The molecular formula is C22H24Cl2N4O3S. The molecule has 4 rings (SSSR count). The van der Waals surface area contributed by atoms with Crippen molar-refractivity contribution in [1.82, 2.24) is 9.72 Å². The lowest BCUT2D eigenvalue weighted by Gasteiger charge is -2.14. The summed E-state index contributed by atoms with van der Waals surface area (Å²) in [5.74, 6) is 1.17. The van der Waals surface area contributed by atoms with E-state index in [4.69, 9.17) is 21.9 Å². The molecule has 10 heteroatoms. The van der Waals surface area contributed by atoms with Crippen molar-refractivity contribution in [3.63, 3.8) is 0 Å². The number of aromatic nitrogens is 2. The largest absolute Gasteiger partial charge is 0.359 e. The summed E-state index contributed by atoms with van der Waals surface area (Å²) < 4.78 is 6.87. The summed E-state index contributed by atoms with van der Waals surface area (Å²) in [5, 5.41) is 7.35. The quantitative estimate of drug-likeness (QED) is 0.548. The highest BCUT2D eigenvalue weighted by Gasteiger charge is 2.30. The zero-order chi connectivity index (χ0) is 22.3. The maximum absolute atomic E-state index is 13.1. The molecule has 3 aromatic rings. The molecule has 0 saturated carbocycles. The second kappa shape index (κ2) is 9.31. The third-order valence-electron chi connectivity index (χ3n) is 5.05. The Balaban J connectivity index is 0.00000289. The highest BCUT2D eigenvalue weighted by atomic mass is 35.5. The van der Waals surface area contributed by atoms with E-state index in [0.717, 1.165) is 5.56 Å². The molecule has 1 aliphatic rings. The van der Waals surface area contributed by atoms with Crippen molar-refractivity contribution in [2.75, 3.05) is 11.1 Å². The van der Waals surface area contributed by atoms with Crippen LogP contribution in [0, 0.1) is 0 Å². The maximum Gasteiger partial charge on any atom is 0.259 e. The van der Waals surface area contributed by atoms with Gasteiger partial charge in [-0.1, -0.05) is 49.7 Å². The van der Waals surface area contributed by atoms with Crippen LogP contribution in [0.1, 0.15) is 54.1 Å². The van der Waals surface area contributed by atoms with E-state index >= 15 is 0 Å². The molecule has 3 heterocycles. The van der Waals surface area contributed by atoms with Crippen molar-refractivity contribution >= 4 is 47.5 Å². The number of rotatable bonds is 4. The summed E-state index contributed by atoms with van der Waals surface area (Å²) in [5.41, 5.74) is 7.53. The van der Waals surface area contributed by atoms with Gasteiger partial charge in [0, 0.05) is 45.0 Å². The number of halogens is 2. The van der Waals surface area contributed by atoms with Crippen molar-refractivity contribution in [3.8, 4) is 0 Å². The van der Waals surface area contributed by atoms with Crippen LogP contribution < -0.4 is 16.6 Å². The first-order chi connectivity index (χ1) is 14.6. The van der Waals surface area contributed by atoms with Gasteiger partial charge in [0.25, 0.3) is 11.5 Å². The molecular weight excluding hydrogens is 471 g/mol.